The minimum Gasteiger partial charge on any atom is -0.378 e. The van der Waals surface area contributed by atoms with E-state index in [0.717, 1.165) is 19.6 Å². The van der Waals surface area contributed by atoms with Gasteiger partial charge in [-0.2, -0.15) is 0 Å². The first-order chi connectivity index (χ1) is 9.13. The van der Waals surface area contributed by atoms with Crippen molar-refractivity contribution in [2.24, 2.45) is 0 Å². The van der Waals surface area contributed by atoms with E-state index in [0.29, 0.717) is 13.0 Å². The quantitative estimate of drug-likeness (QED) is 0.872. The second-order valence-electron chi connectivity index (χ2n) is 5.12. The van der Waals surface area contributed by atoms with Crippen molar-refractivity contribution in [3.05, 3.63) is 21.9 Å². The van der Waals surface area contributed by atoms with Crippen molar-refractivity contribution in [3.8, 4) is 0 Å². The summed E-state index contributed by atoms with van der Waals surface area (Å²) >= 11 is 1.80. The molecule has 1 aromatic heterocycles. The first kappa shape index (κ1) is 17.4. The molecule has 2 N–H and O–H groups in total. The molecule has 1 amide bonds. The Labute approximate surface area is 130 Å². The highest BCUT2D eigenvalue weighted by atomic mass is 35.5. The van der Waals surface area contributed by atoms with Gasteiger partial charge in [0, 0.05) is 41.2 Å². The predicted octanol–water partition coefficient (Wildman–Crippen LogP) is 1.90. The van der Waals surface area contributed by atoms with E-state index in [9.17, 15) is 4.79 Å². The van der Waals surface area contributed by atoms with E-state index in [4.69, 9.17) is 4.74 Å². The van der Waals surface area contributed by atoms with Crippen LogP contribution in [0.25, 0.3) is 0 Å². The lowest BCUT2D eigenvalue weighted by molar-refractivity contribution is -0.122. The topological polar surface area (TPSA) is 50.4 Å². The zero-order valence-electron chi connectivity index (χ0n) is 12.0. The summed E-state index contributed by atoms with van der Waals surface area (Å²) in [7, 11) is 0. The average Bonchev–Trinajstić information content (AvgIpc) is 2.75. The highest BCUT2D eigenvalue weighted by molar-refractivity contribution is 7.11. The second-order valence-corrected chi connectivity index (χ2v) is 6.49. The molecule has 2 rings (SSSR count). The molecule has 1 aliphatic heterocycles. The number of carbonyl (C=O) groups is 1. The van der Waals surface area contributed by atoms with Crippen LogP contribution < -0.4 is 10.6 Å². The van der Waals surface area contributed by atoms with Crippen molar-refractivity contribution >= 4 is 29.7 Å². The smallest absolute Gasteiger partial charge is 0.221 e. The number of ether oxygens (including phenoxy) is 1. The number of thiophene rings is 1. The van der Waals surface area contributed by atoms with E-state index >= 15 is 0 Å². The summed E-state index contributed by atoms with van der Waals surface area (Å²) in [5.74, 6) is 0.101. The molecule has 6 heteroatoms. The van der Waals surface area contributed by atoms with Crippen LogP contribution in [0.1, 0.15) is 23.1 Å². The standard InChI is InChI=1S/C14H22N2O2S.ClH/c1-10(7-13-4-3-11(2)19-13)16-14(17)8-12-9-18-6-5-15-12;/h3-4,10,12,15H,5-9H2,1-2H3,(H,16,17);1H. The lowest BCUT2D eigenvalue weighted by Crippen LogP contribution is -2.45. The van der Waals surface area contributed by atoms with Gasteiger partial charge >= 0.3 is 0 Å². The lowest BCUT2D eigenvalue weighted by atomic mass is 10.1. The summed E-state index contributed by atoms with van der Waals surface area (Å²) in [6.45, 7) is 6.37. The van der Waals surface area contributed by atoms with Gasteiger partial charge in [0.05, 0.1) is 13.2 Å². The molecule has 0 radical (unpaired) electrons. The van der Waals surface area contributed by atoms with E-state index in [1.165, 1.54) is 9.75 Å². The Kier molecular flexibility index (Phi) is 7.51. The Bertz CT molecular complexity index is 419. The molecular weight excluding hydrogens is 296 g/mol. The second kappa shape index (κ2) is 8.62. The van der Waals surface area contributed by atoms with Crippen LogP contribution in [0.4, 0.5) is 0 Å². The Hall–Kier alpha value is -0.620. The van der Waals surface area contributed by atoms with Crippen LogP contribution in [0.3, 0.4) is 0 Å². The summed E-state index contributed by atoms with van der Waals surface area (Å²) in [6.07, 6.45) is 1.40. The first-order valence-electron chi connectivity index (χ1n) is 6.79. The zero-order chi connectivity index (χ0) is 13.7. The summed E-state index contributed by atoms with van der Waals surface area (Å²) in [5, 5.41) is 6.35. The minimum atomic E-state index is 0. The predicted molar refractivity (Wildman–Crippen MR) is 84.8 cm³/mol. The number of amides is 1. The van der Waals surface area contributed by atoms with Crippen LogP contribution in [0.15, 0.2) is 12.1 Å². The van der Waals surface area contributed by atoms with Crippen molar-refractivity contribution in [3.63, 3.8) is 0 Å². The Morgan fingerprint density at radius 2 is 2.40 bits per heavy atom. The molecule has 2 atom stereocenters. The SMILES string of the molecule is Cc1ccc(CC(C)NC(=O)CC2COCCN2)s1.Cl. The lowest BCUT2D eigenvalue weighted by Gasteiger charge is -2.24. The normalized spacial score (nSPS) is 20.0. The zero-order valence-corrected chi connectivity index (χ0v) is 13.6. The summed E-state index contributed by atoms with van der Waals surface area (Å²) in [6, 6.07) is 4.59. The maximum absolute atomic E-state index is 11.9. The van der Waals surface area contributed by atoms with E-state index in [-0.39, 0.29) is 30.4 Å². The Morgan fingerprint density at radius 1 is 1.60 bits per heavy atom. The number of rotatable bonds is 5. The molecule has 20 heavy (non-hydrogen) atoms. The Balaban J connectivity index is 0.00000200. The number of morpholine rings is 1. The van der Waals surface area contributed by atoms with Crippen LogP contribution in [0, 0.1) is 6.92 Å². The van der Waals surface area contributed by atoms with Crippen LogP contribution in [0.2, 0.25) is 0 Å². The summed E-state index contributed by atoms with van der Waals surface area (Å²) in [5.41, 5.74) is 0. The van der Waals surface area contributed by atoms with Crippen molar-refractivity contribution in [2.45, 2.75) is 38.8 Å². The molecule has 1 fully saturated rings. The fourth-order valence-electron chi connectivity index (χ4n) is 2.26. The monoisotopic (exact) mass is 318 g/mol. The molecule has 0 spiro atoms. The molecule has 1 saturated heterocycles. The highest BCUT2D eigenvalue weighted by Gasteiger charge is 2.18. The molecule has 114 valence electrons. The fraction of sp³-hybridized carbons (Fsp3) is 0.643. The van der Waals surface area contributed by atoms with Crippen molar-refractivity contribution in [1.29, 1.82) is 0 Å². The van der Waals surface area contributed by atoms with Crippen LogP contribution >= 0.6 is 23.7 Å². The average molecular weight is 319 g/mol. The molecule has 1 aliphatic rings. The molecule has 2 unspecified atom stereocenters. The Morgan fingerprint density at radius 3 is 3.00 bits per heavy atom. The van der Waals surface area contributed by atoms with Gasteiger partial charge in [-0.25, -0.2) is 0 Å². The molecular formula is C14H23ClN2O2S. The largest absolute Gasteiger partial charge is 0.378 e. The fourth-order valence-corrected chi connectivity index (χ4v) is 3.28. The van der Waals surface area contributed by atoms with E-state index < -0.39 is 0 Å². The third kappa shape index (κ3) is 5.79. The van der Waals surface area contributed by atoms with Gasteiger partial charge in [-0.3, -0.25) is 4.79 Å². The third-order valence-corrected chi connectivity index (χ3v) is 4.16. The van der Waals surface area contributed by atoms with Gasteiger partial charge in [0.1, 0.15) is 0 Å². The molecule has 4 nitrogen and oxygen atoms in total. The third-order valence-electron chi connectivity index (χ3n) is 3.14. The van der Waals surface area contributed by atoms with Gasteiger partial charge in [0.25, 0.3) is 0 Å². The highest BCUT2D eigenvalue weighted by Crippen LogP contribution is 2.16. The number of aryl methyl sites for hydroxylation is 1. The van der Waals surface area contributed by atoms with Crippen molar-refractivity contribution in [1.82, 2.24) is 10.6 Å². The number of halogens is 1. The van der Waals surface area contributed by atoms with Crippen LogP contribution in [-0.2, 0) is 16.0 Å². The number of nitrogens with one attached hydrogen (secondary N) is 2. The van der Waals surface area contributed by atoms with Gasteiger partial charge in [-0.1, -0.05) is 0 Å². The van der Waals surface area contributed by atoms with Crippen molar-refractivity contribution in [2.75, 3.05) is 19.8 Å². The molecule has 0 aliphatic carbocycles. The molecule has 1 aromatic rings. The van der Waals surface area contributed by atoms with Gasteiger partial charge < -0.3 is 15.4 Å². The molecule has 0 saturated carbocycles. The number of hydrogen-bond acceptors (Lipinski definition) is 4. The molecule has 2 heterocycles. The molecule has 0 aromatic carbocycles. The van der Waals surface area contributed by atoms with Gasteiger partial charge in [0.15, 0.2) is 0 Å². The van der Waals surface area contributed by atoms with Crippen molar-refractivity contribution < 1.29 is 9.53 Å². The van der Waals surface area contributed by atoms with Gasteiger partial charge in [-0.15, -0.1) is 23.7 Å². The first-order valence-corrected chi connectivity index (χ1v) is 7.61. The number of carbonyl (C=O) groups excluding carboxylic acids is 1. The van der Waals surface area contributed by atoms with E-state index in [2.05, 4.69) is 36.6 Å². The minimum absolute atomic E-state index is 0. The van der Waals surface area contributed by atoms with E-state index in [1.807, 2.05) is 0 Å². The van der Waals surface area contributed by atoms with Gasteiger partial charge in [-0.05, 0) is 26.0 Å². The van der Waals surface area contributed by atoms with Crippen LogP contribution in [0.5, 0.6) is 0 Å². The number of hydrogen-bond donors (Lipinski definition) is 2. The summed E-state index contributed by atoms with van der Waals surface area (Å²) in [4.78, 5) is 14.6. The molecule has 0 bridgehead atoms. The van der Waals surface area contributed by atoms with Crippen LogP contribution in [-0.4, -0.2) is 37.7 Å². The van der Waals surface area contributed by atoms with E-state index in [1.54, 1.807) is 11.3 Å². The van der Waals surface area contributed by atoms with Gasteiger partial charge in [0.2, 0.25) is 5.91 Å². The maximum atomic E-state index is 11.9. The maximum Gasteiger partial charge on any atom is 0.221 e. The summed E-state index contributed by atoms with van der Waals surface area (Å²) < 4.78 is 5.35.